The molecule has 0 saturated heterocycles. The number of anilines is 2. The molecule has 0 atom stereocenters. The fourth-order valence-electron chi connectivity index (χ4n) is 3.06. The molecule has 0 aliphatic rings. The van der Waals surface area contributed by atoms with Gasteiger partial charge in [0.05, 0.1) is 0 Å². The lowest BCUT2D eigenvalue weighted by atomic mass is 10.0. The SMILES string of the molecule is O=C(Nc1ccc(Cc2ccc(NC(=O)c3ccncc3)cc2)cc1)c1ccncc1. The summed E-state index contributed by atoms with van der Waals surface area (Å²) in [7, 11) is 0. The molecule has 2 heterocycles. The van der Waals surface area contributed by atoms with Crippen molar-refractivity contribution in [2.24, 2.45) is 0 Å². The summed E-state index contributed by atoms with van der Waals surface area (Å²) in [6.45, 7) is 0. The van der Waals surface area contributed by atoms with Crippen molar-refractivity contribution in [2.75, 3.05) is 10.6 Å². The average Bonchev–Trinajstić information content (AvgIpc) is 2.82. The van der Waals surface area contributed by atoms with E-state index in [4.69, 9.17) is 0 Å². The molecule has 4 rings (SSSR count). The minimum Gasteiger partial charge on any atom is -0.322 e. The van der Waals surface area contributed by atoms with Gasteiger partial charge in [-0.15, -0.1) is 0 Å². The lowest BCUT2D eigenvalue weighted by Crippen LogP contribution is -2.11. The molecule has 4 aromatic rings. The van der Waals surface area contributed by atoms with E-state index in [1.54, 1.807) is 49.1 Å². The Bertz CT molecular complexity index is 1060. The first-order valence-corrected chi connectivity index (χ1v) is 9.78. The van der Waals surface area contributed by atoms with Crippen LogP contribution in [0, 0.1) is 0 Å². The molecule has 0 aliphatic heterocycles. The van der Waals surface area contributed by atoms with E-state index in [0.29, 0.717) is 11.1 Å². The fraction of sp³-hybridized carbons (Fsp3) is 0.0400. The number of rotatable bonds is 6. The van der Waals surface area contributed by atoms with Crippen molar-refractivity contribution in [2.45, 2.75) is 6.42 Å². The van der Waals surface area contributed by atoms with Crippen molar-refractivity contribution in [3.63, 3.8) is 0 Å². The summed E-state index contributed by atoms with van der Waals surface area (Å²) in [6.07, 6.45) is 7.11. The summed E-state index contributed by atoms with van der Waals surface area (Å²) in [5.41, 5.74) is 4.84. The van der Waals surface area contributed by atoms with Gasteiger partial charge in [-0.1, -0.05) is 24.3 Å². The maximum absolute atomic E-state index is 12.2. The van der Waals surface area contributed by atoms with E-state index in [0.717, 1.165) is 28.9 Å². The minimum atomic E-state index is -0.167. The van der Waals surface area contributed by atoms with Crippen LogP contribution >= 0.6 is 0 Å². The molecule has 0 bridgehead atoms. The van der Waals surface area contributed by atoms with Crippen LogP contribution in [0.2, 0.25) is 0 Å². The zero-order chi connectivity index (χ0) is 21.5. The summed E-state index contributed by atoms with van der Waals surface area (Å²) in [6, 6.07) is 22.2. The molecule has 6 nitrogen and oxygen atoms in total. The molecule has 2 aromatic heterocycles. The van der Waals surface area contributed by atoms with Crippen molar-refractivity contribution in [1.29, 1.82) is 0 Å². The number of carbonyl (C=O) groups is 2. The first kappa shape index (κ1) is 20.0. The Labute approximate surface area is 180 Å². The van der Waals surface area contributed by atoms with Gasteiger partial charge in [-0.25, -0.2) is 0 Å². The highest BCUT2D eigenvalue weighted by Gasteiger charge is 2.07. The Hall–Kier alpha value is -4.32. The van der Waals surface area contributed by atoms with Gasteiger partial charge >= 0.3 is 0 Å². The molecule has 0 fully saturated rings. The lowest BCUT2D eigenvalue weighted by molar-refractivity contribution is 0.101. The number of pyridine rings is 2. The highest BCUT2D eigenvalue weighted by molar-refractivity contribution is 6.04. The zero-order valence-electron chi connectivity index (χ0n) is 16.7. The molecule has 0 radical (unpaired) electrons. The minimum absolute atomic E-state index is 0.167. The van der Waals surface area contributed by atoms with Crippen LogP contribution in [-0.2, 0) is 6.42 Å². The third-order valence-electron chi connectivity index (χ3n) is 4.72. The Kier molecular flexibility index (Phi) is 6.09. The van der Waals surface area contributed by atoms with Gasteiger partial charge in [0.15, 0.2) is 0 Å². The summed E-state index contributed by atoms with van der Waals surface area (Å²) in [5, 5.41) is 5.76. The maximum atomic E-state index is 12.2. The zero-order valence-corrected chi connectivity index (χ0v) is 16.7. The van der Waals surface area contributed by atoms with E-state index < -0.39 is 0 Å². The number of nitrogens with one attached hydrogen (secondary N) is 2. The first-order valence-electron chi connectivity index (χ1n) is 9.78. The van der Waals surface area contributed by atoms with Gasteiger partial charge in [0.2, 0.25) is 0 Å². The van der Waals surface area contributed by atoms with Crippen molar-refractivity contribution >= 4 is 23.2 Å². The van der Waals surface area contributed by atoms with Crippen molar-refractivity contribution < 1.29 is 9.59 Å². The second-order valence-electron chi connectivity index (χ2n) is 6.95. The summed E-state index contributed by atoms with van der Waals surface area (Å²) in [5.74, 6) is -0.334. The van der Waals surface area contributed by atoms with E-state index in [-0.39, 0.29) is 11.8 Å². The molecule has 6 heteroatoms. The van der Waals surface area contributed by atoms with E-state index in [1.165, 1.54) is 0 Å². The van der Waals surface area contributed by atoms with Crippen LogP contribution in [0.1, 0.15) is 31.8 Å². The average molecular weight is 408 g/mol. The van der Waals surface area contributed by atoms with Gasteiger partial charge in [-0.05, 0) is 66.1 Å². The van der Waals surface area contributed by atoms with E-state index in [1.807, 2.05) is 48.5 Å². The van der Waals surface area contributed by atoms with Crippen molar-refractivity contribution in [3.05, 3.63) is 120 Å². The van der Waals surface area contributed by atoms with Gasteiger partial charge in [-0.2, -0.15) is 0 Å². The number of nitrogens with zero attached hydrogens (tertiary/aromatic N) is 2. The van der Waals surface area contributed by atoms with Gasteiger partial charge in [0.25, 0.3) is 11.8 Å². The second kappa shape index (κ2) is 9.45. The number of hydrogen-bond donors (Lipinski definition) is 2. The molecular formula is C25H20N4O2. The molecule has 152 valence electrons. The van der Waals surface area contributed by atoms with E-state index >= 15 is 0 Å². The molecule has 2 aromatic carbocycles. The third-order valence-corrected chi connectivity index (χ3v) is 4.72. The van der Waals surface area contributed by atoms with Gasteiger partial charge in [0, 0.05) is 47.3 Å². The molecular weight excluding hydrogens is 388 g/mol. The largest absolute Gasteiger partial charge is 0.322 e. The smallest absolute Gasteiger partial charge is 0.255 e. The molecule has 0 unspecified atom stereocenters. The maximum Gasteiger partial charge on any atom is 0.255 e. The number of benzene rings is 2. The standard InChI is InChI=1S/C25H20N4O2/c30-24(20-9-13-26-14-10-20)28-22-5-1-18(2-6-22)17-19-3-7-23(8-4-19)29-25(31)21-11-15-27-16-12-21/h1-16H,17H2,(H,28,30)(H,29,31). The summed E-state index contributed by atoms with van der Waals surface area (Å²) < 4.78 is 0. The van der Waals surface area contributed by atoms with Crippen LogP contribution < -0.4 is 10.6 Å². The number of carbonyl (C=O) groups excluding carboxylic acids is 2. The van der Waals surface area contributed by atoms with Gasteiger partial charge in [0.1, 0.15) is 0 Å². The normalized spacial score (nSPS) is 10.3. The molecule has 0 aliphatic carbocycles. The molecule has 0 saturated carbocycles. The number of aromatic nitrogens is 2. The Morgan fingerprint density at radius 2 is 0.903 bits per heavy atom. The Morgan fingerprint density at radius 1 is 0.548 bits per heavy atom. The van der Waals surface area contributed by atoms with Crippen LogP contribution in [0.15, 0.2) is 97.6 Å². The van der Waals surface area contributed by atoms with Crippen LogP contribution in [0.5, 0.6) is 0 Å². The third kappa shape index (κ3) is 5.39. The van der Waals surface area contributed by atoms with Crippen molar-refractivity contribution in [1.82, 2.24) is 9.97 Å². The van der Waals surface area contributed by atoms with E-state index in [2.05, 4.69) is 20.6 Å². The highest BCUT2D eigenvalue weighted by Crippen LogP contribution is 2.17. The topological polar surface area (TPSA) is 84.0 Å². The highest BCUT2D eigenvalue weighted by atomic mass is 16.2. The molecule has 0 spiro atoms. The number of hydrogen-bond acceptors (Lipinski definition) is 4. The van der Waals surface area contributed by atoms with Crippen molar-refractivity contribution in [3.8, 4) is 0 Å². The molecule has 31 heavy (non-hydrogen) atoms. The first-order chi connectivity index (χ1) is 15.2. The van der Waals surface area contributed by atoms with Crippen LogP contribution in [0.4, 0.5) is 11.4 Å². The van der Waals surface area contributed by atoms with Crippen LogP contribution in [0.3, 0.4) is 0 Å². The predicted molar refractivity (Wildman–Crippen MR) is 120 cm³/mol. The fourth-order valence-corrected chi connectivity index (χ4v) is 3.06. The van der Waals surface area contributed by atoms with Crippen LogP contribution in [-0.4, -0.2) is 21.8 Å². The lowest BCUT2D eigenvalue weighted by Gasteiger charge is -2.08. The number of amides is 2. The predicted octanol–water partition coefficient (Wildman–Crippen LogP) is 4.57. The van der Waals surface area contributed by atoms with Gasteiger partial charge in [-0.3, -0.25) is 19.6 Å². The summed E-state index contributed by atoms with van der Waals surface area (Å²) >= 11 is 0. The quantitative estimate of drug-likeness (QED) is 0.489. The molecule has 2 N–H and O–H groups in total. The Balaban J connectivity index is 1.34. The Morgan fingerprint density at radius 3 is 1.26 bits per heavy atom. The van der Waals surface area contributed by atoms with E-state index in [9.17, 15) is 9.59 Å². The molecule has 2 amide bonds. The second-order valence-corrected chi connectivity index (χ2v) is 6.95. The van der Waals surface area contributed by atoms with Crippen LogP contribution in [0.25, 0.3) is 0 Å². The summed E-state index contributed by atoms with van der Waals surface area (Å²) in [4.78, 5) is 32.3. The van der Waals surface area contributed by atoms with Gasteiger partial charge < -0.3 is 10.6 Å². The monoisotopic (exact) mass is 408 g/mol.